The number of hydrogen-bond acceptors (Lipinski definition) is 6. The van der Waals surface area contributed by atoms with E-state index in [0.717, 1.165) is 24.3 Å². The average molecular weight is 362 g/mol. The van der Waals surface area contributed by atoms with Gasteiger partial charge in [-0.15, -0.1) is 0 Å². The Hall–Kier alpha value is -3.35. The molecule has 0 aliphatic heterocycles. The molecule has 0 saturated heterocycles. The van der Waals surface area contributed by atoms with Crippen LogP contribution in [0.1, 0.15) is 27.4 Å². The second-order valence-electron chi connectivity index (χ2n) is 6.23. The Labute approximate surface area is 158 Å². The van der Waals surface area contributed by atoms with E-state index in [2.05, 4.69) is 25.3 Å². The van der Waals surface area contributed by atoms with Crippen LogP contribution in [0, 0.1) is 6.92 Å². The van der Waals surface area contributed by atoms with Gasteiger partial charge in [-0.3, -0.25) is 14.8 Å². The van der Waals surface area contributed by atoms with Gasteiger partial charge in [0.1, 0.15) is 17.3 Å². The van der Waals surface area contributed by atoms with Crippen LogP contribution >= 0.6 is 0 Å². The molecule has 1 amide bonds. The first-order chi connectivity index (χ1) is 13.1. The van der Waals surface area contributed by atoms with Gasteiger partial charge in [0.25, 0.3) is 5.91 Å². The van der Waals surface area contributed by atoms with Gasteiger partial charge in [-0.05, 0) is 42.7 Å². The van der Waals surface area contributed by atoms with Crippen molar-refractivity contribution in [2.45, 2.75) is 19.9 Å². The van der Waals surface area contributed by atoms with E-state index in [0.29, 0.717) is 18.1 Å². The average Bonchev–Trinajstić information content (AvgIpc) is 2.71. The van der Waals surface area contributed by atoms with Crippen molar-refractivity contribution in [3.63, 3.8) is 0 Å². The first-order valence-electron chi connectivity index (χ1n) is 8.74. The number of nitrogens with zero attached hydrogens (tertiary/aromatic N) is 5. The van der Waals surface area contributed by atoms with E-state index < -0.39 is 0 Å². The summed E-state index contributed by atoms with van der Waals surface area (Å²) in [7, 11) is 1.96. The fourth-order valence-corrected chi connectivity index (χ4v) is 2.60. The number of rotatable bonds is 7. The van der Waals surface area contributed by atoms with Gasteiger partial charge in [0.15, 0.2) is 0 Å². The highest BCUT2D eigenvalue weighted by Crippen LogP contribution is 2.12. The van der Waals surface area contributed by atoms with Crippen LogP contribution in [0.3, 0.4) is 0 Å². The number of amides is 1. The molecule has 3 heterocycles. The van der Waals surface area contributed by atoms with Crippen LogP contribution in [-0.2, 0) is 13.0 Å². The van der Waals surface area contributed by atoms with Crippen LogP contribution in [0.4, 0.5) is 5.82 Å². The van der Waals surface area contributed by atoms with Crippen molar-refractivity contribution in [2.24, 2.45) is 0 Å². The minimum atomic E-state index is -0.229. The second-order valence-corrected chi connectivity index (χ2v) is 6.23. The molecule has 0 aromatic carbocycles. The lowest BCUT2D eigenvalue weighted by molar-refractivity contribution is 0.0945. The largest absolute Gasteiger partial charge is 0.359 e. The topological polar surface area (TPSA) is 83.9 Å². The van der Waals surface area contributed by atoms with Crippen molar-refractivity contribution in [2.75, 3.05) is 18.5 Å². The van der Waals surface area contributed by atoms with Crippen molar-refractivity contribution in [1.82, 2.24) is 25.3 Å². The lowest BCUT2D eigenvalue weighted by Gasteiger charge is -2.19. The first-order valence-corrected chi connectivity index (χ1v) is 8.74. The molecular weight excluding hydrogens is 340 g/mol. The lowest BCUT2D eigenvalue weighted by Crippen LogP contribution is -2.26. The normalized spacial score (nSPS) is 10.4. The summed E-state index contributed by atoms with van der Waals surface area (Å²) in [6.07, 6.45) is 7.87. The Morgan fingerprint density at radius 2 is 1.89 bits per heavy atom. The first kappa shape index (κ1) is 18.4. The quantitative estimate of drug-likeness (QED) is 0.694. The summed E-state index contributed by atoms with van der Waals surface area (Å²) in [5, 5.41) is 2.87. The Bertz CT molecular complexity index is 885. The molecule has 7 nitrogen and oxygen atoms in total. The van der Waals surface area contributed by atoms with Gasteiger partial charge >= 0.3 is 0 Å². The third kappa shape index (κ3) is 5.31. The third-order valence-corrected chi connectivity index (χ3v) is 4.11. The summed E-state index contributed by atoms with van der Waals surface area (Å²) in [5.74, 6) is 1.06. The maximum Gasteiger partial charge on any atom is 0.270 e. The van der Waals surface area contributed by atoms with Crippen molar-refractivity contribution >= 4 is 11.7 Å². The molecule has 3 aromatic heterocycles. The van der Waals surface area contributed by atoms with Gasteiger partial charge < -0.3 is 10.2 Å². The molecule has 27 heavy (non-hydrogen) atoms. The van der Waals surface area contributed by atoms with E-state index in [1.807, 2.05) is 36.2 Å². The number of aryl methyl sites for hydroxylation is 1. The molecule has 3 aromatic rings. The van der Waals surface area contributed by atoms with E-state index in [-0.39, 0.29) is 5.91 Å². The van der Waals surface area contributed by atoms with Gasteiger partial charge in [-0.1, -0.05) is 6.07 Å². The molecule has 0 unspecified atom stereocenters. The Balaban J connectivity index is 1.65. The van der Waals surface area contributed by atoms with Gasteiger partial charge in [0, 0.05) is 51.0 Å². The fourth-order valence-electron chi connectivity index (χ4n) is 2.60. The van der Waals surface area contributed by atoms with Gasteiger partial charge in [-0.2, -0.15) is 0 Å². The highest BCUT2D eigenvalue weighted by Gasteiger charge is 2.13. The molecule has 3 rings (SSSR count). The van der Waals surface area contributed by atoms with Crippen molar-refractivity contribution in [3.05, 3.63) is 77.8 Å². The van der Waals surface area contributed by atoms with Crippen LogP contribution in [0.15, 0.2) is 55.1 Å². The second kappa shape index (κ2) is 8.84. The smallest absolute Gasteiger partial charge is 0.270 e. The molecule has 0 saturated carbocycles. The van der Waals surface area contributed by atoms with E-state index in [1.165, 1.54) is 5.56 Å². The molecule has 7 heteroatoms. The maximum absolute atomic E-state index is 12.5. The SMILES string of the molecule is Cc1nc(C(=O)NCc2cccnc2)cc(N(C)CCc2ccncc2)n1. The van der Waals surface area contributed by atoms with E-state index in [9.17, 15) is 4.79 Å². The summed E-state index contributed by atoms with van der Waals surface area (Å²) < 4.78 is 0. The van der Waals surface area contributed by atoms with E-state index in [1.54, 1.807) is 37.8 Å². The molecule has 0 aliphatic rings. The molecule has 1 N–H and O–H groups in total. The van der Waals surface area contributed by atoms with Gasteiger partial charge in [0.2, 0.25) is 0 Å². The summed E-state index contributed by atoms with van der Waals surface area (Å²) >= 11 is 0. The zero-order chi connectivity index (χ0) is 19.1. The maximum atomic E-state index is 12.5. The Morgan fingerprint density at radius 3 is 2.63 bits per heavy atom. The molecule has 0 radical (unpaired) electrons. The highest BCUT2D eigenvalue weighted by atomic mass is 16.1. The monoisotopic (exact) mass is 362 g/mol. The number of pyridine rings is 2. The zero-order valence-electron chi connectivity index (χ0n) is 15.5. The number of anilines is 1. The minimum Gasteiger partial charge on any atom is -0.359 e. The predicted molar refractivity (Wildman–Crippen MR) is 103 cm³/mol. The van der Waals surface area contributed by atoms with E-state index in [4.69, 9.17) is 0 Å². The molecule has 138 valence electrons. The molecular formula is C20H22N6O. The van der Waals surface area contributed by atoms with Crippen LogP contribution < -0.4 is 10.2 Å². The molecule has 0 aliphatic carbocycles. The Kier molecular flexibility index (Phi) is 6.04. The zero-order valence-corrected chi connectivity index (χ0v) is 15.5. The summed E-state index contributed by atoms with van der Waals surface area (Å²) in [5.41, 5.74) is 2.50. The van der Waals surface area contributed by atoms with Crippen molar-refractivity contribution in [3.8, 4) is 0 Å². The molecule has 0 bridgehead atoms. The minimum absolute atomic E-state index is 0.229. The molecule has 0 fully saturated rings. The van der Waals surface area contributed by atoms with Gasteiger partial charge in [0.05, 0.1) is 0 Å². The number of likely N-dealkylation sites (N-methyl/N-ethyl adjacent to an activating group) is 1. The van der Waals surface area contributed by atoms with Crippen LogP contribution in [-0.4, -0.2) is 39.4 Å². The Morgan fingerprint density at radius 1 is 1.07 bits per heavy atom. The number of nitrogens with one attached hydrogen (secondary N) is 1. The van der Waals surface area contributed by atoms with Gasteiger partial charge in [-0.25, -0.2) is 9.97 Å². The fraction of sp³-hybridized carbons (Fsp3) is 0.250. The van der Waals surface area contributed by atoms with Crippen LogP contribution in [0.2, 0.25) is 0 Å². The molecule has 0 spiro atoms. The number of hydrogen-bond donors (Lipinski definition) is 1. The summed E-state index contributed by atoms with van der Waals surface area (Å²) in [6.45, 7) is 2.97. The van der Waals surface area contributed by atoms with E-state index >= 15 is 0 Å². The van der Waals surface area contributed by atoms with Crippen molar-refractivity contribution < 1.29 is 4.79 Å². The third-order valence-electron chi connectivity index (χ3n) is 4.11. The van der Waals surface area contributed by atoms with Crippen LogP contribution in [0.25, 0.3) is 0 Å². The highest BCUT2D eigenvalue weighted by molar-refractivity contribution is 5.92. The number of carbonyl (C=O) groups is 1. The predicted octanol–water partition coefficient (Wildman–Crippen LogP) is 2.18. The lowest BCUT2D eigenvalue weighted by atomic mass is 10.2. The summed E-state index contributed by atoms with van der Waals surface area (Å²) in [6, 6.07) is 9.47. The van der Waals surface area contributed by atoms with Crippen LogP contribution in [0.5, 0.6) is 0 Å². The van der Waals surface area contributed by atoms with Crippen molar-refractivity contribution in [1.29, 1.82) is 0 Å². The number of carbonyl (C=O) groups excluding carboxylic acids is 1. The summed E-state index contributed by atoms with van der Waals surface area (Å²) in [4.78, 5) is 31.3. The number of aromatic nitrogens is 4. The standard InChI is InChI=1S/C20H22N6O/c1-15-24-18(20(27)23-14-17-4-3-8-22-13-17)12-19(25-15)26(2)11-7-16-5-9-21-10-6-16/h3-6,8-10,12-13H,7,11,14H2,1-2H3,(H,23,27). The molecule has 0 atom stereocenters.